The van der Waals surface area contributed by atoms with E-state index < -0.39 is 15.8 Å². The predicted molar refractivity (Wildman–Crippen MR) is 98.5 cm³/mol. The van der Waals surface area contributed by atoms with Gasteiger partial charge in [-0.15, -0.1) is 0 Å². The molecule has 0 radical (unpaired) electrons. The maximum atomic E-state index is 13.1. The van der Waals surface area contributed by atoms with Crippen molar-refractivity contribution in [3.63, 3.8) is 0 Å². The number of halogens is 1. The summed E-state index contributed by atoms with van der Waals surface area (Å²) in [5.74, 6) is -0.456. The average molecular weight is 364 g/mol. The molecule has 0 fully saturated rings. The zero-order valence-corrected chi connectivity index (χ0v) is 15.4. The standard InChI is InChI=1S/C19H25FN2O2S/c1-2-3-4-5-6-7-15-22(18-9-8-14-21-16-18)25(23,24)19-12-10-17(20)11-13-19/h8-14,16H,2-7,15H2,1H3. The second-order valence-electron chi connectivity index (χ2n) is 6.01. The highest BCUT2D eigenvalue weighted by Gasteiger charge is 2.24. The molecule has 0 amide bonds. The van der Waals surface area contributed by atoms with Crippen LogP contribution in [0.3, 0.4) is 0 Å². The van der Waals surface area contributed by atoms with Crippen molar-refractivity contribution in [1.82, 2.24) is 4.98 Å². The summed E-state index contributed by atoms with van der Waals surface area (Å²) in [5.41, 5.74) is 0.528. The van der Waals surface area contributed by atoms with Crippen LogP contribution in [0.2, 0.25) is 0 Å². The summed E-state index contributed by atoms with van der Waals surface area (Å²) >= 11 is 0. The predicted octanol–water partition coefficient (Wildman–Crippen LogP) is 4.78. The van der Waals surface area contributed by atoms with Gasteiger partial charge in [0.2, 0.25) is 0 Å². The quantitative estimate of drug-likeness (QED) is 0.570. The fourth-order valence-corrected chi connectivity index (χ4v) is 4.15. The number of hydrogen-bond donors (Lipinski definition) is 0. The summed E-state index contributed by atoms with van der Waals surface area (Å²) < 4.78 is 40.5. The normalized spacial score (nSPS) is 11.4. The first-order chi connectivity index (χ1) is 12.1. The number of anilines is 1. The number of benzene rings is 1. The van der Waals surface area contributed by atoms with E-state index in [1.807, 2.05) is 0 Å². The van der Waals surface area contributed by atoms with Crippen molar-refractivity contribution >= 4 is 15.7 Å². The second-order valence-corrected chi connectivity index (χ2v) is 7.87. The van der Waals surface area contributed by atoms with Crippen LogP contribution < -0.4 is 4.31 Å². The molecule has 0 N–H and O–H groups in total. The Morgan fingerprint density at radius 2 is 1.68 bits per heavy atom. The van der Waals surface area contributed by atoms with E-state index in [2.05, 4.69) is 11.9 Å². The average Bonchev–Trinajstić information content (AvgIpc) is 2.62. The van der Waals surface area contributed by atoms with Gasteiger partial charge in [-0.3, -0.25) is 9.29 Å². The number of nitrogens with zero attached hydrogens (tertiary/aromatic N) is 2. The summed E-state index contributed by atoms with van der Waals surface area (Å²) in [4.78, 5) is 4.12. The summed E-state index contributed by atoms with van der Waals surface area (Å²) in [5, 5.41) is 0. The van der Waals surface area contributed by atoms with E-state index in [4.69, 9.17) is 0 Å². The molecule has 1 aromatic carbocycles. The van der Waals surface area contributed by atoms with Gasteiger partial charge in [0.05, 0.1) is 16.8 Å². The van der Waals surface area contributed by atoms with E-state index in [1.165, 1.54) is 54.0 Å². The Morgan fingerprint density at radius 1 is 1.00 bits per heavy atom. The maximum Gasteiger partial charge on any atom is 0.264 e. The number of sulfonamides is 1. The lowest BCUT2D eigenvalue weighted by atomic mass is 10.1. The molecule has 1 aromatic heterocycles. The molecule has 2 rings (SSSR count). The fraction of sp³-hybridized carbons (Fsp3) is 0.421. The molecular weight excluding hydrogens is 339 g/mol. The SMILES string of the molecule is CCCCCCCCN(c1cccnc1)S(=O)(=O)c1ccc(F)cc1. The molecule has 25 heavy (non-hydrogen) atoms. The highest BCUT2D eigenvalue weighted by molar-refractivity contribution is 7.92. The Kier molecular flexibility index (Phi) is 7.37. The third-order valence-corrected chi connectivity index (χ3v) is 5.89. The van der Waals surface area contributed by atoms with Crippen LogP contribution in [-0.2, 0) is 10.0 Å². The van der Waals surface area contributed by atoms with Gasteiger partial charge in [0.25, 0.3) is 10.0 Å². The third-order valence-electron chi connectivity index (χ3n) is 4.05. The van der Waals surface area contributed by atoms with Gasteiger partial charge >= 0.3 is 0 Å². The molecule has 0 aliphatic rings. The van der Waals surface area contributed by atoms with Gasteiger partial charge < -0.3 is 0 Å². The van der Waals surface area contributed by atoms with Crippen LogP contribution in [0, 0.1) is 5.82 Å². The van der Waals surface area contributed by atoms with Gasteiger partial charge in [-0.25, -0.2) is 12.8 Å². The number of unbranched alkanes of at least 4 members (excludes halogenated alkanes) is 5. The van der Waals surface area contributed by atoms with E-state index in [0.717, 1.165) is 19.3 Å². The molecule has 0 saturated carbocycles. The summed E-state index contributed by atoms with van der Waals surface area (Å²) in [6.45, 7) is 2.55. The van der Waals surface area contributed by atoms with Crippen LogP contribution in [-0.4, -0.2) is 19.9 Å². The highest BCUT2D eigenvalue weighted by Crippen LogP contribution is 2.24. The minimum Gasteiger partial charge on any atom is -0.265 e. The Morgan fingerprint density at radius 3 is 2.32 bits per heavy atom. The maximum absolute atomic E-state index is 13.1. The molecule has 6 heteroatoms. The number of aromatic nitrogens is 1. The molecule has 0 aliphatic carbocycles. The Labute approximate surface area is 149 Å². The first-order valence-electron chi connectivity index (χ1n) is 8.74. The first kappa shape index (κ1) is 19.4. The van der Waals surface area contributed by atoms with Crippen LogP contribution in [0.4, 0.5) is 10.1 Å². The van der Waals surface area contributed by atoms with Crippen molar-refractivity contribution < 1.29 is 12.8 Å². The van der Waals surface area contributed by atoms with Crippen molar-refractivity contribution in [3.8, 4) is 0 Å². The lowest BCUT2D eigenvalue weighted by Crippen LogP contribution is -2.32. The van der Waals surface area contributed by atoms with E-state index in [-0.39, 0.29) is 4.90 Å². The van der Waals surface area contributed by atoms with E-state index in [9.17, 15) is 12.8 Å². The molecule has 0 unspecified atom stereocenters. The zero-order valence-electron chi connectivity index (χ0n) is 14.6. The van der Waals surface area contributed by atoms with Crippen LogP contribution in [0.1, 0.15) is 45.4 Å². The van der Waals surface area contributed by atoms with Crippen LogP contribution in [0.5, 0.6) is 0 Å². The molecule has 0 aliphatic heterocycles. The Bertz CT molecular complexity index is 734. The molecule has 0 spiro atoms. The molecule has 0 bridgehead atoms. The van der Waals surface area contributed by atoms with E-state index in [1.54, 1.807) is 18.3 Å². The second kappa shape index (κ2) is 9.51. The van der Waals surface area contributed by atoms with Gasteiger partial charge in [-0.2, -0.15) is 0 Å². The monoisotopic (exact) mass is 364 g/mol. The topological polar surface area (TPSA) is 50.3 Å². The van der Waals surface area contributed by atoms with Crippen molar-refractivity contribution in [3.05, 3.63) is 54.6 Å². The van der Waals surface area contributed by atoms with Gasteiger partial charge in [-0.05, 0) is 42.8 Å². The summed E-state index contributed by atoms with van der Waals surface area (Å²) in [6.07, 6.45) is 9.57. The molecule has 0 saturated heterocycles. The number of pyridine rings is 1. The molecule has 4 nitrogen and oxygen atoms in total. The summed E-state index contributed by atoms with van der Waals surface area (Å²) in [7, 11) is -3.74. The minimum atomic E-state index is -3.74. The molecule has 2 aromatic rings. The number of rotatable bonds is 10. The smallest absolute Gasteiger partial charge is 0.264 e. The van der Waals surface area contributed by atoms with Gasteiger partial charge in [0.15, 0.2) is 0 Å². The Balaban J connectivity index is 2.15. The number of hydrogen-bond acceptors (Lipinski definition) is 3. The first-order valence-corrected chi connectivity index (χ1v) is 10.2. The van der Waals surface area contributed by atoms with Gasteiger partial charge in [-0.1, -0.05) is 39.0 Å². The van der Waals surface area contributed by atoms with Crippen LogP contribution in [0.15, 0.2) is 53.7 Å². The lowest BCUT2D eigenvalue weighted by molar-refractivity contribution is 0.580. The van der Waals surface area contributed by atoms with E-state index >= 15 is 0 Å². The molecule has 136 valence electrons. The Hall–Kier alpha value is -1.95. The largest absolute Gasteiger partial charge is 0.265 e. The van der Waals surface area contributed by atoms with Crippen LogP contribution >= 0.6 is 0 Å². The third kappa shape index (κ3) is 5.53. The van der Waals surface area contributed by atoms with Crippen LogP contribution in [0.25, 0.3) is 0 Å². The molecular formula is C19H25FN2O2S. The van der Waals surface area contributed by atoms with E-state index in [0.29, 0.717) is 12.2 Å². The van der Waals surface area contributed by atoms with Crippen molar-refractivity contribution in [2.75, 3.05) is 10.8 Å². The zero-order chi connectivity index (χ0) is 18.1. The van der Waals surface area contributed by atoms with Gasteiger partial charge in [0.1, 0.15) is 5.82 Å². The lowest BCUT2D eigenvalue weighted by Gasteiger charge is -2.24. The van der Waals surface area contributed by atoms with Crippen molar-refractivity contribution in [2.24, 2.45) is 0 Å². The molecule has 1 heterocycles. The van der Waals surface area contributed by atoms with Crippen molar-refractivity contribution in [1.29, 1.82) is 0 Å². The van der Waals surface area contributed by atoms with Gasteiger partial charge in [0, 0.05) is 12.7 Å². The fourth-order valence-electron chi connectivity index (χ4n) is 2.66. The summed E-state index contributed by atoms with van der Waals surface area (Å²) in [6, 6.07) is 8.37. The van der Waals surface area contributed by atoms with Crippen molar-refractivity contribution in [2.45, 2.75) is 50.3 Å². The highest BCUT2D eigenvalue weighted by atomic mass is 32.2. The molecule has 0 atom stereocenters. The minimum absolute atomic E-state index is 0.0868.